The van der Waals surface area contributed by atoms with E-state index in [1.54, 1.807) is 35.0 Å². The van der Waals surface area contributed by atoms with E-state index in [2.05, 4.69) is 17.2 Å². The normalized spacial score (nSPS) is 12.2. The molecule has 2 aromatic heterocycles. The Bertz CT molecular complexity index is 1020. The molecule has 0 fully saturated rings. The zero-order valence-electron chi connectivity index (χ0n) is 19.4. The van der Waals surface area contributed by atoms with Crippen LogP contribution in [0.3, 0.4) is 0 Å². The topological polar surface area (TPSA) is 97.0 Å². The van der Waals surface area contributed by atoms with Crippen molar-refractivity contribution in [2.24, 2.45) is 0 Å². The number of benzene rings is 1. The molecule has 7 nitrogen and oxygen atoms in total. The second kappa shape index (κ2) is 12.9. The van der Waals surface area contributed by atoms with E-state index >= 15 is 0 Å². The van der Waals surface area contributed by atoms with Crippen molar-refractivity contribution in [2.45, 2.75) is 77.2 Å². The summed E-state index contributed by atoms with van der Waals surface area (Å²) in [5, 5.41) is 28.0. The first kappa shape index (κ1) is 24.7. The summed E-state index contributed by atoms with van der Waals surface area (Å²) in [6, 6.07) is 10.9. The number of aromatic nitrogens is 3. The Balaban J connectivity index is 1.54. The predicted octanol–water partition coefficient (Wildman–Crippen LogP) is 5.15. The molecule has 33 heavy (non-hydrogen) atoms. The van der Waals surface area contributed by atoms with Crippen molar-refractivity contribution in [3.8, 4) is 5.75 Å². The lowest BCUT2D eigenvalue weighted by Gasteiger charge is -2.14. The molecular weight excluding hydrogens is 418 g/mol. The molecule has 3 rings (SSSR count). The highest BCUT2D eigenvalue weighted by atomic mass is 16.5. The van der Waals surface area contributed by atoms with Crippen LogP contribution in [-0.2, 0) is 17.6 Å². The summed E-state index contributed by atoms with van der Waals surface area (Å²) < 4.78 is 7.70. The second-order valence-corrected chi connectivity index (χ2v) is 8.58. The van der Waals surface area contributed by atoms with Gasteiger partial charge in [0.15, 0.2) is 0 Å². The van der Waals surface area contributed by atoms with Gasteiger partial charge in [0.1, 0.15) is 11.3 Å². The van der Waals surface area contributed by atoms with E-state index in [4.69, 9.17) is 9.84 Å². The molecule has 2 N–H and O–H groups in total. The summed E-state index contributed by atoms with van der Waals surface area (Å²) in [6.45, 7) is 2.90. The van der Waals surface area contributed by atoms with Crippen LogP contribution in [0.4, 0.5) is 0 Å². The van der Waals surface area contributed by atoms with Crippen LogP contribution in [0.5, 0.6) is 5.75 Å². The van der Waals surface area contributed by atoms with Crippen molar-refractivity contribution < 1.29 is 19.7 Å². The zero-order chi connectivity index (χ0) is 23.5. The second-order valence-electron chi connectivity index (χ2n) is 8.58. The molecule has 0 saturated carbocycles. The van der Waals surface area contributed by atoms with Crippen molar-refractivity contribution in [1.82, 2.24) is 14.8 Å². The molecule has 1 atom stereocenters. The number of aliphatic hydroxyl groups is 1. The van der Waals surface area contributed by atoms with Gasteiger partial charge in [0.2, 0.25) is 0 Å². The highest BCUT2D eigenvalue weighted by molar-refractivity contribution is 5.70. The zero-order valence-corrected chi connectivity index (χ0v) is 19.4. The standard InChI is InChI=1S/C26H35N3O4/c1-2-3-4-5-6-7-8-9-15-33-25-14-13-22(29-23(25)19-27-28-29)18-24(30)21-12-10-11-20(16-21)17-26(31)32/h10-14,16,19,24,30H,2-9,15,17-18H2,1H3,(H,31,32). The number of carbonyl (C=O) groups is 1. The van der Waals surface area contributed by atoms with E-state index in [-0.39, 0.29) is 6.42 Å². The number of carboxylic acids is 1. The van der Waals surface area contributed by atoms with Gasteiger partial charge in [0.25, 0.3) is 0 Å². The Hall–Kier alpha value is -2.93. The average molecular weight is 454 g/mol. The Morgan fingerprint density at radius 2 is 1.82 bits per heavy atom. The summed E-state index contributed by atoms with van der Waals surface area (Å²) in [6.07, 6.45) is 11.2. The monoisotopic (exact) mass is 453 g/mol. The number of fused-ring (bicyclic) bond motifs is 1. The number of hydrogen-bond acceptors (Lipinski definition) is 5. The molecule has 0 spiro atoms. The highest BCUT2D eigenvalue weighted by Crippen LogP contribution is 2.25. The lowest BCUT2D eigenvalue weighted by Crippen LogP contribution is -2.09. The minimum absolute atomic E-state index is 0.0707. The molecule has 3 aromatic rings. The van der Waals surface area contributed by atoms with Crippen LogP contribution < -0.4 is 4.74 Å². The SMILES string of the molecule is CCCCCCCCCCOc1ccc(CC(O)c2cccc(CC(=O)O)c2)n2nncc12. The maximum absolute atomic E-state index is 11.0. The third-order valence-corrected chi connectivity index (χ3v) is 5.85. The smallest absolute Gasteiger partial charge is 0.307 e. The molecule has 7 heteroatoms. The minimum atomic E-state index is -0.895. The van der Waals surface area contributed by atoms with Crippen LogP contribution in [0.2, 0.25) is 0 Å². The van der Waals surface area contributed by atoms with Crippen molar-refractivity contribution in [2.75, 3.05) is 6.61 Å². The van der Waals surface area contributed by atoms with Gasteiger partial charge in [0, 0.05) is 12.1 Å². The van der Waals surface area contributed by atoms with E-state index in [9.17, 15) is 9.90 Å². The molecule has 0 radical (unpaired) electrons. The number of aliphatic hydroxyl groups excluding tert-OH is 1. The molecule has 0 bridgehead atoms. The summed E-state index contributed by atoms with van der Waals surface area (Å²) in [5.41, 5.74) is 2.92. The van der Waals surface area contributed by atoms with Crippen LogP contribution in [0.1, 0.15) is 81.2 Å². The Labute approximate surface area is 195 Å². The number of ether oxygens (including phenoxy) is 1. The van der Waals surface area contributed by atoms with Crippen LogP contribution in [0.15, 0.2) is 42.6 Å². The van der Waals surface area contributed by atoms with Crippen LogP contribution >= 0.6 is 0 Å². The fraction of sp³-hybridized carbons (Fsp3) is 0.500. The number of pyridine rings is 1. The molecule has 1 aromatic carbocycles. The molecule has 0 aliphatic heterocycles. The Morgan fingerprint density at radius 1 is 1.06 bits per heavy atom. The lowest BCUT2D eigenvalue weighted by atomic mass is 10.0. The van der Waals surface area contributed by atoms with E-state index in [0.717, 1.165) is 23.4 Å². The molecule has 178 valence electrons. The van der Waals surface area contributed by atoms with Gasteiger partial charge in [-0.2, -0.15) is 0 Å². The number of carboxylic acid groups (broad SMARTS) is 1. The van der Waals surface area contributed by atoms with E-state index in [0.29, 0.717) is 24.2 Å². The van der Waals surface area contributed by atoms with E-state index < -0.39 is 12.1 Å². The van der Waals surface area contributed by atoms with E-state index in [1.807, 2.05) is 12.1 Å². The molecule has 0 saturated heterocycles. The summed E-state index contributed by atoms with van der Waals surface area (Å²) in [7, 11) is 0. The largest absolute Gasteiger partial charge is 0.491 e. The fourth-order valence-electron chi connectivity index (χ4n) is 4.04. The maximum Gasteiger partial charge on any atom is 0.307 e. The first-order chi connectivity index (χ1) is 16.1. The maximum atomic E-state index is 11.0. The lowest BCUT2D eigenvalue weighted by molar-refractivity contribution is -0.136. The number of aliphatic carboxylic acids is 1. The van der Waals surface area contributed by atoms with Gasteiger partial charge in [-0.3, -0.25) is 4.79 Å². The van der Waals surface area contributed by atoms with Gasteiger partial charge in [-0.1, -0.05) is 81.3 Å². The first-order valence-electron chi connectivity index (χ1n) is 12.0. The van der Waals surface area contributed by atoms with Crippen LogP contribution in [0, 0.1) is 0 Å². The van der Waals surface area contributed by atoms with Crippen LogP contribution in [0.25, 0.3) is 5.52 Å². The van der Waals surface area contributed by atoms with Crippen molar-refractivity contribution in [3.05, 3.63) is 59.4 Å². The van der Waals surface area contributed by atoms with Gasteiger partial charge in [-0.05, 0) is 29.7 Å². The predicted molar refractivity (Wildman–Crippen MR) is 128 cm³/mol. The average Bonchev–Trinajstić information content (AvgIpc) is 3.29. The summed E-state index contributed by atoms with van der Waals surface area (Å²) in [5.74, 6) is -0.154. The Kier molecular flexibility index (Phi) is 9.69. The molecule has 0 aliphatic rings. The third kappa shape index (κ3) is 7.56. The van der Waals surface area contributed by atoms with Gasteiger partial charge in [-0.25, -0.2) is 4.52 Å². The highest BCUT2D eigenvalue weighted by Gasteiger charge is 2.15. The van der Waals surface area contributed by atoms with Gasteiger partial charge in [-0.15, -0.1) is 5.10 Å². The minimum Gasteiger partial charge on any atom is -0.491 e. The van der Waals surface area contributed by atoms with Crippen LogP contribution in [-0.4, -0.2) is 37.6 Å². The number of rotatable bonds is 15. The Morgan fingerprint density at radius 3 is 2.58 bits per heavy atom. The fourth-order valence-corrected chi connectivity index (χ4v) is 4.04. The third-order valence-electron chi connectivity index (χ3n) is 5.85. The summed E-state index contributed by atoms with van der Waals surface area (Å²) in [4.78, 5) is 11.0. The van der Waals surface area contributed by atoms with Crippen molar-refractivity contribution in [3.63, 3.8) is 0 Å². The molecular formula is C26H35N3O4. The van der Waals surface area contributed by atoms with Gasteiger partial charge < -0.3 is 14.9 Å². The van der Waals surface area contributed by atoms with Gasteiger partial charge >= 0.3 is 5.97 Å². The molecule has 0 amide bonds. The molecule has 1 unspecified atom stereocenters. The number of hydrogen-bond donors (Lipinski definition) is 2. The molecule has 0 aliphatic carbocycles. The summed E-state index contributed by atoms with van der Waals surface area (Å²) >= 11 is 0. The van der Waals surface area contributed by atoms with Crippen molar-refractivity contribution in [1.29, 1.82) is 0 Å². The van der Waals surface area contributed by atoms with Crippen molar-refractivity contribution >= 4 is 11.5 Å². The first-order valence-corrected chi connectivity index (χ1v) is 12.0. The van der Waals surface area contributed by atoms with E-state index in [1.165, 1.54) is 44.9 Å². The van der Waals surface area contributed by atoms with Gasteiger partial charge in [0.05, 0.1) is 25.3 Å². The quantitative estimate of drug-likeness (QED) is 0.309. The number of unbranched alkanes of at least 4 members (excludes halogenated alkanes) is 7. The molecule has 2 heterocycles. The number of nitrogens with zero attached hydrogens (tertiary/aromatic N) is 3.